The number of hydrogen-bond donors (Lipinski definition) is 0. The number of nitrogens with zero attached hydrogens (tertiary/aromatic N) is 2. The fourth-order valence-electron chi connectivity index (χ4n) is 1.72. The molecule has 100 valence electrons. The fraction of sp³-hybridized carbons (Fsp3) is 0.267. The van der Waals surface area contributed by atoms with Crippen LogP contribution in [-0.2, 0) is 0 Å². The fourth-order valence-corrected chi connectivity index (χ4v) is 2.79. The Kier molecular flexibility index (Phi) is 4.88. The lowest BCUT2D eigenvalue weighted by Gasteiger charge is -2.18. The minimum absolute atomic E-state index is 0.608. The van der Waals surface area contributed by atoms with Gasteiger partial charge < -0.3 is 4.90 Å². The first-order valence-electron chi connectivity index (χ1n) is 6.18. The Morgan fingerprint density at radius 3 is 2.32 bits per heavy atom. The summed E-state index contributed by atoms with van der Waals surface area (Å²) in [5, 5.41) is 0.608. The number of thioether (sulfide) groups is 1. The van der Waals surface area contributed by atoms with E-state index in [9.17, 15) is 0 Å². The molecule has 0 bridgehead atoms. The van der Waals surface area contributed by atoms with E-state index >= 15 is 0 Å². The Hall–Kier alpha value is -1.00. The van der Waals surface area contributed by atoms with Gasteiger partial charge in [0.25, 0.3) is 0 Å². The summed E-state index contributed by atoms with van der Waals surface area (Å²) < 4.78 is 0.994. The maximum atomic E-state index is 4.40. The zero-order chi connectivity index (χ0) is 13.8. The van der Waals surface area contributed by atoms with Crippen molar-refractivity contribution >= 4 is 39.2 Å². The van der Waals surface area contributed by atoms with Crippen LogP contribution in [0.15, 0.2) is 52.0 Å². The van der Waals surface area contributed by atoms with E-state index in [0.717, 1.165) is 16.0 Å². The smallest absolute Gasteiger partial charge is 0.132 e. The van der Waals surface area contributed by atoms with Crippen LogP contribution in [0.4, 0.5) is 11.5 Å². The van der Waals surface area contributed by atoms with Crippen molar-refractivity contribution in [2.24, 2.45) is 0 Å². The summed E-state index contributed by atoms with van der Waals surface area (Å²) in [5.74, 6) is 0.937. The molecule has 19 heavy (non-hydrogen) atoms. The van der Waals surface area contributed by atoms with Crippen LogP contribution in [0.5, 0.6) is 0 Å². The average Bonchev–Trinajstić information content (AvgIpc) is 2.39. The molecular formula is C15H17BrN2S. The minimum atomic E-state index is 0.608. The van der Waals surface area contributed by atoms with Crippen LogP contribution in [0.2, 0.25) is 0 Å². The molecule has 2 nitrogen and oxygen atoms in total. The van der Waals surface area contributed by atoms with Gasteiger partial charge in [-0.25, -0.2) is 4.98 Å². The van der Waals surface area contributed by atoms with Crippen molar-refractivity contribution in [3.8, 4) is 0 Å². The van der Waals surface area contributed by atoms with Gasteiger partial charge in [0.15, 0.2) is 0 Å². The molecule has 0 saturated heterocycles. The van der Waals surface area contributed by atoms with Crippen LogP contribution in [0.25, 0.3) is 0 Å². The summed E-state index contributed by atoms with van der Waals surface area (Å²) in [4.78, 5) is 7.78. The van der Waals surface area contributed by atoms with Crippen LogP contribution in [0.1, 0.15) is 13.8 Å². The predicted molar refractivity (Wildman–Crippen MR) is 87.4 cm³/mol. The maximum absolute atomic E-state index is 4.40. The first-order valence-corrected chi connectivity index (χ1v) is 7.85. The number of benzene rings is 1. The van der Waals surface area contributed by atoms with Gasteiger partial charge in [-0.3, -0.25) is 0 Å². The van der Waals surface area contributed by atoms with Crippen LogP contribution in [0, 0.1) is 0 Å². The number of halogens is 1. The molecule has 0 spiro atoms. The molecule has 0 atom stereocenters. The zero-order valence-electron chi connectivity index (χ0n) is 11.3. The molecule has 4 heteroatoms. The molecule has 0 fully saturated rings. The number of pyridine rings is 1. The molecule has 0 amide bonds. The molecule has 1 aromatic heterocycles. The number of anilines is 2. The molecule has 0 N–H and O–H groups in total. The van der Waals surface area contributed by atoms with Gasteiger partial charge in [0.2, 0.25) is 0 Å². The molecule has 2 rings (SSSR count). The van der Waals surface area contributed by atoms with Gasteiger partial charge in [0.05, 0.1) is 0 Å². The second-order valence-electron chi connectivity index (χ2n) is 4.55. The van der Waals surface area contributed by atoms with Crippen molar-refractivity contribution in [1.29, 1.82) is 0 Å². The van der Waals surface area contributed by atoms with Crippen LogP contribution in [-0.4, -0.2) is 17.3 Å². The molecule has 2 aromatic rings. The molecule has 0 aliphatic rings. The van der Waals surface area contributed by atoms with E-state index in [2.05, 4.69) is 63.9 Å². The number of rotatable bonds is 4. The van der Waals surface area contributed by atoms with Crippen molar-refractivity contribution in [2.45, 2.75) is 24.0 Å². The first-order chi connectivity index (χ1) is 9.06. The van der Waals surface area contributed by atoms with E-state index < -0.39 is 0 Å². The lowest BCUT2D eigenvalue weighted by atomic mass is 10.3. The monoisotopic (exact) mass is 336 g/mol. The average molecular weight is 337 g/mol. The molecule has 0 aliphatic heterocycles. The van der Waals surface area contributed by atoms with E-state index in [4.69, 9.17) is 0 Å². The summed E-state index contributed by atoms with van der Waals surface area (Å²) in [7, 11) is 2.03. The van der Waals surface area contributed by atoms with Gasteiger partial charge in [-0.15, -0.1) is 11.8 Å². The summed E-state index contributed by atoms with van der Waals surface area (Å²) >= 11 is 5.28. The normalized spacial score (nSPS) is 10.8. The van der Waals surface area contributed by atoms with E-state index in [1.165, 1.54) is 4.90 Å². The second-order valence-corrected chi connectivity index (χ2v) is 7.12. The zero-order valence-corrected chi connectivity index (χ0v) is 13.7. The van der Waals surface area contributed by atoms with Crippen molar-refractivity contribution in [3.63, 3.8) is 0 Å². The highest BCUT2D eigenvalue weighted by atomic mass is 79.9. The van der Waals surface area contributed by atoms with Crippen molar-refractivity contribution in [1.82, 2.24) is 4.98 Å². The van der Waals surface area contributed by atoms with Gasteiger partial charge in [0, 0.05) is 33.6 Å². The summed E-state index contributed by atoms with van der Waals surface area (Å²) in [6.45, 7) is 4.41. The Morgan fingerprint density at radius 1 is 1.11 bits per heavy atom. The van der Waals surface area contributed by atoms with E-state index in [-0.39, 0.29) is 0 Å². The number of hydrogen-bond acceptors (Lipinski definition) is 3. The summed E-state index contributed by atoms with van der Waals surface area (Å²) in [6.07, 6.45) is 1.81. The largest absolute Gasteiger partial charge is 0.329 e. The van der Waals surface area contributed by atoms with Crippen molar-refractivity contribution in [3.05, 3.63) is 47.1 Å². The SMILES string of the molecule is CC(C)Sc1ccc(N(C)c2ccc(Br)cn2)cc1. The highest BCUT2D eigenvalue weighted by Crippen LogP contribution is 2.27. The van der Waals surface area contributed by atoms with Crippen LogP contribution >= 0.6 is 27.7 Å². The highest BCUT2D eigenvalue weighted by molar-refractivity contribution is 9.10. The third-order valence-corrected chi connectivity index (χ3v) is 4.14. The van der Waals surface area contributed by atoms with E-state index in [0.29, 0.717) is 5.25 Å². The van der Waals surface area contributed by atoms with Crippen LogP contribution in [0.3, 0.4) is 0 Å². The Labute approximate surface area is 127 Å². The molecule has 0 aliphatic carbocycles. The third kappa shape index (κ3) is 3.98. The van der Waals surface area contributed by atoms with Gasteiger partial charge in [-0.05, 0) is 52.3 Å². The highest BCUT2D eigenvalue weighted by Gasteiger charge is 2.05. The lowest BCUT2D eigenvalue weighted by Crippen LogP contribution is -2.10. The van der Waals surface area contributed by atoms with Gasteiger partial charge >= 0.3 is 0 Å². The minimum Gasteiger partial charge on any atom is -0.329 e. The number of aromatic nitrogens is 1. The molecule has 0 radical (unpaired) electrons. The topological polar surface area (TPSA) is 16.1 Å². The first kappa shape index (κ1) is 14.4. The third-order valence-electron chi connectivity index (χ3n) is 2.65. The Balaban J connectivity index is 2.15. The van der Waals surface area contributed by atoms with Crippen molar-refractivity contribution in [2.75, 3.05) is 11.9 Å². The maximum Gasteiger partial charge on any atom is 0.132 e. The molecule has 1 aromatic carbocycles. The van der Waals surface area contributed by atoms with E-state index in [1.54, 1.807) is 0 Å². The molecular weight excluding hydrogens is 320 g/mol. The molecule has 1 heterocycles. The molecule has 0 saturated carbocycles. The summed E-state index contributed by atoms with van der Waals surface area (Å²) in [6, 6.07) is 12.6. The van der Waals surface area contributed by atoms with Gasteiger partial charge in [-0.1, -0.05) is 13.8 Å². The van der Waals surface area contributed by atoms with Gasteiger partial charge in [0.1, 0.15) is 5.82 Å². The summed E-state index contributed by atoms with van der Waals surface area (Å²) in [5.41, 5.74) is 1.14. The Morgan fingerprint density at radius 2 is 1.79 bits per heavy atom. The standard InChI is InChI=1S/C15H17BrN2S/c1-11(2)19-14-7-5-13(6-8-14)18(3)15-9-4-12(16)10-17-15/h4-11H,1-3H3. The lowest BCUT2D eigenvalue weighted by molar-refractivity contribution is 1.10. The predicted octanol–water partition coefficient (Wildman–Crippen LogP) is 5.11. The molecule has 0 unspecified atom stereocenters. The van der Waals surface area contributed by atoms with Gasteiger partial charge in [-0.2, -0.15) is 0 Å². The second kappa shape index (κ2) is 6.44. The quantitative estimate of drug-likeness (QED) is 0.721. The Bertz CT molecular complexity index is 523. The van der Waals surface area contributed by atoms with E-state index in [1.807, 2.05) is 37.1 Å². The van der Waals surface area contributed by atoms with Crippen LogP contribution < -0.4 is 4.90 Å². The van der Waals surface area contributed by atoms with Crippen molar-refractivity contribution < 1.29 is 0 Å².